The molecule has 4 rings (SSSR count). The predicted octanol–water partition coefficient (Wildman–Crippen LogP) is 6.09. The summed E-state index contributed by atoms with van der Waals surface area (Å²) in [5, 5.41) is 6.80. The van der Waals surface area contributed by atoms with Crippen LogP contribution in [-0.4, -0.2) is 37.7 Å². The van der Waals surface area contributed by atoms with E-state index in [1.807, 2.05) is 6.92 Å². The molecule has 0 saturated heterocycles. The van der Waals surface area contributed by atoms with Crippen LogP contribution in [0.2, 0.25) is 0 Å². The highest BCUT2D eigenvalue weighted by Gasteiger charge is 2.14. The lowest BCUT2D eigenvalue weighted by molar-refractivity contribution is 0.0728. The maximum Gasteiger partial charge on any atom is 0.343 e. The Morgan fingerprint density at radius 3 is 2.10 bits per heavy atom. The van der Waals surface area contributed by atoms with E-state index in [4.69, 9.17) is 14.2 Å². The lowest BCUT2D eigenvalue weighted by Gasteiger charge is -2.11. The van der Waals surface area contributed by atoms with E-state index >= 15 is 0 Å². The summed E-state index contributed by atoms with van der Waals surface area (Å²) in [6, 6.07) is 24.9. The maximum absolute atomic E-state index is 12.5. The van der Waals surface area contributed by atoms with E-state index in [0.29, 0.717) is 46.0 Å². The van der Waals surface area contributed by atoms with E-state index in [0.717, 1.165) is 4.47 Å². The molecular weight excluding hydrogens is 590 g/mol. The number of nitrogens with zero attached hydrogens (tertiary/aromatic N) is 1. The number of hydrogen-bond donors (Lipinski definition) is 2. The Hall–Kier alpha value is -4.96. The van der Waals surface area contributed by atoms with Crippen LogP contribution in [0.4, 0.5) is 5.69 Å². The molecule has 0 atom stereocenters. The fourth-order valence-corrected chi connectivity index (χ4v) is 3.85. The van der Waals surface area contributed by atoms with Crippen LogP contribution in [0.15, 0.2) is 101 Å². The molecule has 2 N–H and O–H groups in total. The van der Waals surface area contributed by atoms with Crippen molar-refractivity contribution in [2.24, 2.45) is 5.10 Å². The van der Waals surface area contributed by atoms with Crippen molar-refractivity contribution in [3.8, 4) is 17.2 Å². The van der Waals surface area contributed by atoms with Crippen LogP contribution in [0.1, 0.15) is 43.6 Å². The Balaban J connectivity index is 1.34. The number of hydrazone groups is 1. The summed E-state index contributed by atoms with van der Waals surface area (Å²) in [5.41, 5.74) is 4.86. The SMILES string of the molecule is CCOc1cc(/C=N\NC(=O)c2ccc(NC(=O)c3ccc(OC)cc3)cc2)ccc1OC(=O)c1ccc(Br)cc1. The van der Waals surface area contributed by atoms with Crippen LogP contribution in [0.3, 0.4) is 0 Å². The van der Waals surface area contributed by atoms with Crippen molar-refractivity contribution in [2.45, 2.75) is 6.92 Å². The van der Waals surface area contributed by atoms with Crippen molar-refractivity contribution in [1.29, 1.82) is 0 Å². The van der Waals surface area contributed by atoms with Crippen LogP contribution in [0.25, 0.3) is 0 Å². The van der Waals surface area contributed by atoms with Gasteiger partial charge in [-0.25, -0.2) is 10.2 Å². The summed E-state index contributed by atoms with van der Waals surface area (Å²) in [6.45, 7) is 2.17. The average Bonchev–Trinajstić information content (AvgIpc) is 2.99. The molecule has 0 fully saturated rings. The molecule has 0 aliphatic carbocycles. The molecule has 0 bridgehead atoms. The van der Waals surface area contributed by atoms with Gasteiger partial charge in [-0.05, 0) is 103 Å². The second kappa shape index (κ2) is 13.9. The van der Waals surface area contributed by atoms with Gasteiger partial charge in [-0.1, -0.05) is 15.9 Å². The highest BCUT2D eigenvalue weighted by Crippen LogP contribution is 2.29. The van der Waals surface area contributed by atoms with Gasteiger partial charge < -0.3 is 19.5 Å². The molecule has 0 unspecified atom stereocenters. The number of amides is 2. The van der Waals surface area contributed by atoms with Crippen LogP contribution < -0.4 is 25.0 Å². The molecule has 10 heteroatoms. The van der Waals surface area contributed by atoms with Crippen LogP contribution in [-0.2, 0) is 0 Å². The number of hydrogen-bond acceptors (Lipinski definition) is 7. The fourth-order valence-electron chi connectivity index (χ4n) is 3.58. The molecule has 2 amide bonds. The van der Waals surface area contributed by atoms with E-state index in [9.17, 15) is 14.4 Å². The third-order valence-electron chi connectivity index (χ3n) is 5.69. The van der Waals surface area contributed by atoms with Crippen LogP contribution >= 0.6 is 15.9 Å². The number of rotatable bonds is 10. The van der Waals surface area contributed by atoms with Crippen LogP contribution in [0, 0.1) is 0 Å². The summed E-state index contributed by atoms with van der Waals surface area (Å²) in [5.74, 6) is 0.0536. The Kier molecular flexibility index (Phi) is 9.85. The Morgan fingerprint density at radius 2 is 1.44 bits per heavy atom. The summed E-state index contributed by atoms with van der Waals surface area (Å²) >= 11 is 3.34. The first kappa shape index (κ1) is 29.0. The molecule has 208 valence electrons. The van der Waals surface area contributed by atoms with Gasteiger partial charge in [0.15, 0.2) is 11.5 Å². The minimum Gasteiger partial charge on any atom is -0.497 e. The third kappa shape index (κ3) is 8.02. The van der Waals surface area contributed by atoms with Gasteiger partial charge in [0.1, 0.15) is 5.75 Å². The highest BCUT2D eigenvalue weighted by atomic mass is 79.9. The number of benzene rings is 4. The number of anilines is 1. The van der Waals surface area contributed by atoms with Gasteiger partial charge in [0.25, 0.3) is 11.8 Å². The summed E-state index contributed by atoms with van der Waals surface area (Å²) in [4.78, 5) is 37.5. The molecule has 0 aliphatic rings. The first-order valence-electron chi connectivity index (χ1n) is 12.5. The summed E-state index contributed by atoms with van der Waals surface area (Å²) in [7, 11) is 1.56. The zero-order chi connectivity index (χ0) is 29.2. The minimum absolute atomic E-state index is 0.264. The number of esters is 1. The second-order valence-corrected chi connectivity index (χ2v) is 9.41. The van der Waals surface area contributed by atoms with Gasteiger partial charge in [0.2, 0.25) is 0 Å². The van der Waals surface area contributed by atoms with Crippen molar-refractivity contribution in [1.82, 2.24) is 5.43 Å². The van der Waals surface area contributed by atoms with E-state index in [2.05, 4.69) is 31.8 Å². The zero-order valence-corrected chi connectivity index (χ0v) is 23.8. The number of halogens is 1. The molecule has 0 aromatic heterocycles. The second-order valence-electron chi connectivity index (χ2n) is 8.49. The van der Waals surface area contributed by atoms with Crippen molar-refractivity contribution in [3.05, 3.63) is 118 Å². The monoisotopic (exact) mass is 615 g/mol. The normalized spacial score (nSPS) is 10.6. The van der Waals surface area contributed by atoms with Gasteiger partial charge in [-0.2, -0.15) is 5.10 Å². The van der Waals surface area contributed by atoms with E-state index in [1.54, 1.807) is 98.1 Å². The number of carbonyl (C=O) groups is 3. The van der Waals surface area contributed by atoms with E-state index < -0.39 is 11.9 Å². The molecule has 9 nitrogen and oxygen atoms in total. The van der Waals surface area contributed by atoms with Gasteiger partial charge in [0, 0.05) is 21.3 Å². The summed E-state index contributed by atoms with van der Waals surface area (Å²) in [6.07, 6.45) is 1.45. The molecule has 0 spiro atoms. The zero-order valence-electron chi connectivity index (χ0n) is 22.2. The molecule has 0 aliphatic heterocycles. The molecule has 4 aromatic rings. The number of ether oxygens (including phenoxy) is 3. The quantitative estimate of drug-likeness (QED) is 0.0965. The Bertz CT molecular complexity index is 1550. The fraction of sp³-hybridized carbons (Fsp3) is 0.0968. The van der Waals surface area contributed by atoms with Crippen LogP contribution in [0.5, 0.6) is 17.2 Å². The van der Waals surface area contributed by atoms with Gasteiger partial charge in [-0.15, -0.1) is 0 Å². The smallest absolute Gasteiger partial charge is 0.343 e. The molecule has 0 heterocycles. The van der Waals surface area contributed by atoms with Gasteiger partial charge in [0.05, 0.1) is 25.5 Å². The molecule has 0 saturated carbocycles. The average molecular weight is 616 g/mol. The van der Waals surface area contributed by atoms with Crippen molar-refractivity contribution < 1.29 is 28.6 Å². The lowest BCUT2D eigenvalue weighted by atomic mass is 10.1. The number of nitrogens with one attached hydrogen (secondary N) is 2. The van der Waals surface area contributed by atoms with Gasteiger partial charge >= 0.3 is 5.97 Å². The number of methoxy groups -OCH3 is 1. The first-order valence-corrected chi connectivity index (χ1v) is 13.3. The molecular formula is C31H26BrN3O6. The lowest BCUT2D eigenvalue weighted by Crippen LogP contribution is -2.18. The third-order valence-corrected chi connectivity index (χ3v) is 6.22. The van der Waals surface area contributed by atoms with Crippen molar-refractivity contribution >= 4 is 45.6 Å². The number of carbonyl (C=O) groups excluding carboxylic acids is 3. The Labute approximate surface area is 245 Å². The minimum atomic E-state index is -0.515. The largest absolute Gasteiger partial charge is 0.497 e. The van der Waals surface area contributed by atoms with Crippen molar-refractivity contribution in [3.63, 3.8) is 0 Å². The van der Waals surface area contributed by atoms with E-state index in [1.165, 1.54) is 6.21 Å². The molecule has 0 radical (unpaired) electrons. The first-order chi connectivity index (χ1) is 19.9. The predicted molar refractivity (Wildman–Crippen MR) is 159 cm³/mol. The maximum atomic E-state index is 12.5. The van der Waals surface area contributed by atoms with Crippen molar-refractivity contribution in [2.75, 3.05) is 19.0 Å². The van der Waals surface area contributed by atoms with E-state index in [-0.39, 0.29) is 11.7 Å². The highest BCUT2D eigenvalue weighted by molar-refractivity contribution is 9.10. The van der Waals surface area contributed by atoms with Gasteiger partial charge in [-0.3, -0.25) is 9.59 Å². The Morgan fingerprint density at radius 1 is 0.805 bits per heavy atom. The standard InChI is InChI=1S/C31H26BrN3O6/c1-3-40-28-18-20(4-17-27(28)41-31(38)23-5-11-24(32)12-6-23)19-33-35-30(37)22-7-13-25(14-8-22)34-29(36)21-9-15-26(39-2)16-10-21/h4-19H,3H2,1-2H3,(H,34,36)(H,35,37)/b33-19-. The topological polar surface area (TPSA) is 115 Å². The summed E-state index contributed by atoms with van der Waals surface area (Å²) < 4.78 is 17.1. The molecule has 4 aromatic carbocycles. The molecule has 41 heavy (non-hydrogen) atoms.